The molecule has 0 unspecified atom stereocenters. The standard InChI is InChI=1S/C13H19FN2O/c1-9-8-10(6-7-11(9)14)16(5)12(17)13(2,3)15-4/h6-8,15H,1-5H3. The molecular weight excluding hydrogens is 219 g/mol. The van der Waals surface area contributed by atoms with Gasteiger partial charge in [0.15, 0.2) is 0 Å². The van der Waals surface area contributed by atoms with Crippen LogP contribution in [0.15, 0.2) is 18.2 Å². The van der Waals surface area contributed by atoms with Gasteiger partial charge in [-0.15, -0.1) is 0 Å². The van der Waals surface area contributed by atoms with E-state index in [1.807, 2.05) is 13.8 Å². The average molecular weight is 238 g/mol. The Bertz CT molecular complexity index is 429. The lowest BCUT2D eigenvalue weighted by atomic mass is 10.0. The van der Waals surface area contributed by atoms with Gasteiger partial charge in [0.05, 0.1) is 5.54 Å². The Kier molecular flexibility index (Phi) is 3.88. The molecule has 0 aliphatic carbocycles. The Morgan fingerprint density at radius 3 is 2.47 bits per heavy atom. The van der Waals surface area contributed by atoms with E-state index in [-0.39, 0.29) is 11.7 Å². The van der Waals surface area contributed by atoms with Crippen LogP contribution in [0, 0.1) is 12.7 Å². The fourth-order valence-corrected chi connectivity index (χ4v) is 1.48. The molecule has 0 aliphatic heterocycles. The second-order valence-corrected chi connectivity index (χ2v) is 4.67. The van der Waals surface area contributed by atoms with Crippen molar-refractivity contribution in [1.82, 2.24) is 5.32 Å². The van der Waals surface area contributed by atoms with Gasteiger partial charge in [0.1, 0.15) is 5.82 Å². The van der Waals surface area contributed by atoms with E-state index in [0.717, 1.165) is 0 Å². The molecule has 0 bridgehead atoms. The molecule has 1 aromatic carbocycles. The molecule has 3 nitrogen and oxygen atoms in total. The molecule has 0 heterocycles. The lowest BCUT2D eigenvalue weighted by molar-refractivity contribution is -0.123. The number of carbonyl (C=O) groups excluding carboxylic acids is 1. The smallest absolute Gasteiger partial charge is 0.246 e. The highest BCUT2D eigenvalue weighted by molar-refractivity contribution is 5.99. The Morgan fingerprint density at radius 1 is 1.41 bits per heavy atom. The number of carbonyl (C=O) groups is 1. The first kappa shape index (κ1) is 13.6. The van der Waals surface area contributed by atoms with Crippen molar-refractivity contribution >= 4 is 11.6 Å². The van der Waals surface area contributed by atoms with Crippen molar-refractivity contribution in [2.24, 2.45) is 0 Å². The number of rotatable bonds is 3. The number of anilines is 1. The van der Waals surface area contributed by atoms with Crippen LogP contribution in [0.3, 0.4) is 0 Å². The highest BCUT2D eigenvalue weighted by Gasteiger charge is 2.29. The average Bonchev–Trinajstić information content (AvgIpc) is 2.30. The summed E-state index contributed by atoms with van der Waals surface area (Å²) in [5, 5.41) is 2.95. The fourth-order valence-electron chi connectivity index (χ4n) is 1.48. The quantitative estimate of drug-likeness (QED) is 0.874. The van der Waals surface area contributed by atoms with Crippen molar-refractivity contribution < 1.29 is 9.18 Å². The van der Waals surface area contributed by atoms with Crippen LogP contribution in [0.1, 0.15) is 19.4 Å². The Morgan fingerprint density at radius 2 is 2.00 bits per heavy atom. The number of amides is 1. The van der Waals surface area contributed by atoms with Crippen LogP contribution < -0.4 is 10.2 Å². The van der Waals surface area contributed by atoms with Gasteiger partial charge in [0.2, 0.25) is 5.91 Å². The van der Waals surface area contributed by atoms with Gasteiger partial charge >= 0.3 is 0 Å². The van der Waals surface area contributed by atoms with Gasteiger partial charge in [0, 0.05) is 12.7 Å². The molecule has 0 atom stereocenters. The van der Waals surface area contributed by atoms with Crippen LogP contribution in [0.4, 0.5) is 10.1 Å². The van der Waals surface area contributed by atoms with E-state index in [1.165, 1.54) is 11.0 Å². The zero-order valence-corrected chi connectivity index (χ0v) is 11.0. The normalized spacial score (nSPS) is 11.4. The van der Waals surface area contributed by atoms with Crippen molar-refractivity contribution in [2.75, 3.05) is 19.0 Å². The van der Waals surface area contributed by atoms with E-state index < -0.39 is 5.54 Å². The second kappa shape index (κ2) is 4.84. The number of aryl methyl sites for hydroxylation is 1. The molecule has 0 aliphatic rings. The monoisotopic (exact) mass is 238 g/mol. The molecule has 1 N–H and O–H groups in total. The van der Waals surface area contributed by atoms with Crippen molar-refractivity contribution in [3.8, 4) is 0 Å². The minimum atomic E-state index is -0.642. The number of hydrogen-bond donors (Lipinski definition) is 1. The third kappa shape index (κ3) is 2.82. The zero-order valence-electron chi connectivity index (χ0n) is 11.0. The van der Waals surface area contributed by atoms with Gasteiger partial charge in [-0.1, -0.05) is 0 Å². The third-order valence-electron chi connectivity index (χ3n) is 2.99. The molecule has 17 heavy (non-hydrogen) atoms. The first-order valence-corrected chi connectivity index (χ1v) is 5.53. The summed E-state index contributed by atoms with van der Waals surface area (Å²) in [7, 11) is 3.43. The van der Waals surface area contributed by atoms with Gasteiger partial charge in [-0.3, -0.25) is 4.79 Å². The minimum Gasteiger partial charge on any atom is -0.314 e. The van der Waals surface area contributed by atoms with Crippen molar-refractivity contribution in [3.63, 3.8) is 0 Å². The number of benzene rings is 1. The molecule has 1 amide bonds. The van der Waals surface area contributed by atoms with Crippen LogP contribution in [-0.4, -0.2) is 25.5 Å². The van der Waals surface area contributed by atoms with E-state index in [4.69, 9.17) is 0 Å². The van der Waals surface area contributed by atoms with Crippen LogP contribution in [0.2, 0.25) is 0 Å². The SMILES string of the molecule is CNC(C)(C)C(=O)N(C)c1ccc(F)c(C)c1. The molecule has 0 aromatic heterocycles. The van der Waals surface area contributed by atoms with Crippen molar-refractivity contribution in [1.29, 1.82) is 0 Å². The van der Waals surface area contributed by atoms with Gasteiger partial charge in [-0.25, -0.2) is 4.39 Å². The summed E-state index contributed by atoms with van der Waals surface area (Å²) in [6.45, 7) is 5.30. The highest BCUT2D eigenvalue weighted by atomic mass is 19.1. The molecule has 1 rings (SSSR count). The predicted molar refractivity (Wildman–Crippen MR) is 67.7 cm³/mol. The number of likely N-dealkylation sites (N-methyl/N-ethyl adjacent to an activating group) is 2. The molecule has 94 valence electrons. The number of nitrogens with zero attached hydrogens (tertiary/aromatic N) is 1. The summed E-state index contributed by atoms with van der Waals surface area (Å²) in [6.07, 6.45) is 0. The maximum atomic E-state index is 13.1. The molecule has 4 heteroatoms. The Hall–Kier alpha value is -1.42. The molecule has 0 saturated heterocycles. The predicted octanol–water partition coefficient (Wildman–Crippen LogP) is 2.09. The summed E-state index contributed by atoms with van der Waals surface area (Å²) in [6, 6.07) is 4.64. The molecule has 0 spiro atoms. The summed E-state index contributed by atoms with van der Waals surface area (Å²) in [5.41, 5.74) is 0.582. The summed E-state index contributed by atoms with van der Waals surface area (Å²) in [5.74, 6) is -0.325. The van der Waals surface area contributed by atoms with E-state index in [0.29, 0.717) is 11.3 Å². The molecular formula is C13H19FN2O. The topological polar surface area (TPSA) is 32.3 Å². The summed E-state index contributed by atoms with van der Waals surface area (Å²) in [4.78, 5) is 13.7. The summed E-state index contributed by atoms with van der Waals surface area (Å²) < 4.78 is 13.1. The molecule has 0 fully saturated rings. The van der Waals surface area contributed by atoms with E-state index in [2.05, 4.69) is 5.32 Å². The lowest BCUT2D eigenvalue weighted by Crippen LogP contribution is -2.51. The van der Waals surface area contributed by atoms with Crippen LogP contribution in [0.5, 0.6) is 0 Å². The minimum absolute atomic E-state index is 0.0639. The molecule has 0 saturated carbocycles. The molecule has 0 radical (unpaired) electrons. The third-order valence-corrected chi connectivity index (χ3v) is 2.99. The van der Waals surface area contributed by atoms with E-state index in [1.54, 1.807) is 33.2 Å². The zero-order chi connectivity index (χ0) is 13.2. The van der Waals surface area contributed by atoms with Crippen LogP contribution in [0.25, 0.3) is 0 Å². The first-order valence-electron chi connectivity index (χ1n) is 5.53. The van der Waals surface area contributed by atoms with Crippen molar-refractivity contribution in [2.45, 2.75) is 26.3 Å². The maximum absolute atomic E-state index is 13.1. The summed E-state index contributed by atoms with van der Waals surface area (Å²) >= 11 is 0. The largest absolute Gasteiger partial charge is 0.314 e. The molecule has 1 aromatic rings. The van der Waals surface area contributed by atoms with E-state index >= 15 is 0 Å². The first-order chi connectivity index (χ1) is 7.79. The van der Waals surface area contributed by atoms with E-state index in [9.17, 15) is 9.18 Å². The lowest BCUT2D eigenvalue weighted by Gasteiger charge is -2.29. The van der Waals surface area contributed by atoms with Crippen LogP contribution >= 0.6 is 0 Å². The van der Waals surface area contributed by atoms with Gasteiger partial charge in [-0.05, 0) is 51.6 Å². The second-order valence-electron chi connectivity index (χ2n) is 4.67. The van der Waals surface area contributed by atoms with Crippen LogP contribution in [-0.2, 0) is 4.79 Å². The Labute approximate surface area is 102 Å². The number of hydrogen-bond acceptors (Lipinski definition) is 2. The number of halogens is 1. The highest BCUT2D eigenvalue weighted by Crippen LogP contribution is 2.19. The van der Waals surface area contributed by atoms with Gasteiger partial charge in [0.25, 0.3) is 0 Å². The fraction of sp³-hybridized carbons (Fsp3) is 0.462. The Balaban J connectivity index is 3.00. The number of nitrogens with one attached hydrogen (secondary N) is 1. The maximum Gasteiger partial charge on any atom is 0.246 e. The van der Waals surface area contributed by atoms with Gasteiger partial charge < -0.3 is 10.2 Å². The van der Waals surface area contributed by atoms with Gasteiger partial charge in [-0.2, -0.15) is 0 Å². The van der Waals surface area contributed by atoms with Crippen molar-refractivity contribution in [3.05, 3.63) is 29.6 Å².